The maximum atomic E-state index is 12.0. The van der Waals surface area contributed by atoms with Gasteiger partial charge in [0.2, 0.25) is 0 Å². The lowest BCUT2D eigenvalue weighted by molar-refractivity contribution is 0.0908. The average molecular weight is 339 g/mol. The minimum Gasteiger partial charge on any atom is -0.397 e. The summed E-state index contributed by atoms with van der Waals surface area (Å²) in [6, 6.07) is 0. The quantitative estimate of drug-likeness (QED) is 0.112. The molecule has 13 heteroatoms. The minimum absolute atomic E-state index is 0.0905. The maximum absolute atomic E-state index is 12.0. The zero-order valence-corrected chi connectivity index (χ0v) is 12.5. The van der Waals surface area contributed by atoms with Crippen molar-refractivity contribution in [3.63, 3.8) is 0 Å². The smallest absolute Gasteiger partial charge is 0.268 e. The molecule has 1 aromatic carbocycles. The van der Waals surface area contributed by atoms with E-state index in [-0.39, 0.29) is 16.7 Å². The van der Waals surface area contributed by atoms with Crippen molar-refractivity contribution in [1.29, 1.82) is 0 Å². The summed E-state index contributed by atoms with van der Waals surface area (Å²) >= 11 is 0. The number of nitrogen functional groups attached to an aromatic ring is 5. The van der Waals surface area contributed by atoms with E-state index in [1.54, 1.807) is 10.9 Å². The van der Waals surface area contributed by atoms with Gasteiger partial charge in [-0.2, -0.15) is 0 Å². The average Bonchev–Trinajstić information content (AvgIpc) is 2.59. The fourth-order valence-electron chi connectivity index (χ4n) is 2.22. The molecule has 0 aliphatic carbocycles. The van der Waals surface area contributed by atoms with E-state index in [1.165, 1.54) is 6.92 Å². The monoisotopic (exact) mass is 339 g/mol. The van der Waals surface area contributed by atoms with E-state index in [0.717, 1.165) is 0 Å². The minimum atomic E-state index is -0.986. The third-order valence-corrected chi connectivity index (χ3v) is 3.22. The zero-order valence-electron chi connectivity index (χ0n) is 12.5. The Morgan fingerprint density at radius 1 is 0.625 bits per heavy atom. The van der Waals surface area contributed by atoms with Gasteiger partial charge >= 0.3 is 0 Å². The van der Waals surface area contributed by atoms with Crippen molar-refractivity contribution in [2.45, 2.75) is 6.92 Å². The van der Waals surface area contributed by atoms with E-state index in [9.17, 15) is 19.2 Å². The first-order valence-corrected chi connectivity index (χ1v) is 6.26. The van der Waals surface area contributed by atoms with Crippen molar-refractivity contribution in [2.24, 2.45) is 23.4 Å². The van der Waals surface area contributed by atoms with Gasteiger partial charge < -0.3 is 5.73 Å². The van der Waals surface area contributed by atoms with Gasteiger partial charge in [0.15, 0.2) is 0 Å². The van der Waals surface area contributed by atoms with E-state index < -0.39 is 40.4 Å². The predicted octanol–water partition coefficient (Wildman–Crippen LogP) is -4.01. The third-order valence-electron chi connectivity index (χ3n) is 3.22. The molecule has 13 nitrogen and oxygen atoms in total. The molecule has 0 atom stereocenters. The first kappa shape index (κ1) is 18.8. The summed E-state index contributed by atoms with van der Waals surface area (Å²) < 4.78 is 0. The number of amides is 4. The molecule has 0 aromatic heterocycles. The fourth-order valence-corrected chi connectivity index (χ4v) is 2.22. The summed E-state index contributed by atoms with van der Waals surface area (Å²) in [7, 11) is 0. The SMILES string of the molecule is Cc1c(C(=O)NN)c(C(=O)NN)c(N)c(C(=O)NN)c1C(=O)NN. The summed E-state index contributed by atoms with van der Waals surface area (Å²) in [6.45, 7) is 1.29. The number of nitrogens with one attached hydrogen (secondary N) is 4. The molecule has 0 aliphatic heterocycles. The summed E-state index contributed by atoms with van der Waals surface area (Å²) in [5, 5.41) is 0. The molecule has 0 unspecified atom stereocenters. The molecule has 0 aliphatic rings. The lowest BCUT2D eigenvalue weighted by atomic mass is 9.88. The van der Waals surface area contributed by atoms with Crippen LogP contribution in [0.15, 0.2) is 0 Å². The van der Waals surface area contributed by atoms with E-state index in [2.05, 4.69) is 0 Å². The molecular formula is C11H17N9O4. The van der Waals surface area contributed by atoms with Crippen LogP contribution in [0.3, 0.4) is 0 Å². The standard InChI is InChI=1S/C11H17N9O4/c1-2-3(8(21)17-13)5(10(23)19-15)7(12)6(11(24)20-16)4(2)9(22)18-14/h12-16H2,1H3,(H,17,21)(H,18,22)(H,19,23)(H,20,24). The van der Waals surface area contributed by atoms with E-state index in [4.69, 9.17) is 29.1 Å². The number of carbonyl (C=O) groups excluding carboxylic acids is 4. The van der Waals surface area contributed by atoms with Gasteiger partial charge in [0.1, 0.15) is 0 Å². The number of anilines is 1. The number of hydrogen-bond donors (Lipinski definition) is 9. The fraction of sp³-hybridized carbons (Fsp3) is 0.0909. The number of rotatable bonds is 4. The van der Waals surface area contributed by atoms with Crippen LogP contribution in [0.4, 0.5) is 5.69 Å². The number of hydrazine groups is 4. The van der Waals surface area contributed by atoms with Gasteiger partial charge in [-0.15, -0.1) is 0 Å². The summed E-state index contributed by atoms with van der Waals surface area (Å²) in [5.41, 5.74) is 10.8. The first-order chi connectivity index (χ1) is 11.3. The molecule has 0 spiro atoms. The van der Waals surface area contributed by atoms with Gasteiger partial charge in [-0.05, 0) is 12.5 Å². The van der Waals surface area contributed by atoms with E-state index >= 15 is 0 Å². The van der Waals surface area contributed by atoms with Crippen LogP contribution in [-0.2, 0) is 0 Å². The van der Waals surface area contributed by atoms with Gasteiger partial charge in [0.05, 0.1) is 27.9 Å². The number of benzene rings is 1. The molecular weight excluding hydrogens is 322 g/mol. The Bertz CT molecular complexity index is 613. The summed E-state index contributed by atoms with van der Waals surface area (Å²) in [4.78, 5) is 48.1. The highest BCUT2D eigenvalue weighted by Gasteiger charge is 2.32. The van der Waals surface area contributed by atoms with Crippen LogP contribution < -0.4 is 50.8 Å². The molecule has 0 heterocycles. The van der Waals surface area contributed by atoms with Crippen LogP contribution in [0, 0.1) is 6.92 Å². The molecule has 1 rings (SSSR count). The molecule has 0 saturated heterocycles. The highest BCUT2D eigenvalue weighted by Crippen LogP contribution is 2.30. The van der Waals surface area contributed by atoms with Gasteiger partial charge in [-0.3, -0.25) is 40.9 Å². The summed E-state index contributed by atoms with van der Waals surface area (Å²) in [6.07, 6.45) is 0. The van der Waals surface area contributed by atoms with Crippen LogP contribution >= 0.6 is 0 Å². The predicted molar refractivity (Wildman–Crippen MR) is 82.2 cm³/mol. The molecule has 0 saturated carbocycles. The first-order valence-electron chi connectivity index (χ1n) is 6.26. The van der Waals surface area contributed by atoms with Crippen LogP contribution in [0.2, 0.25) is 0 Å². The Balaban J connectivity index is 4.08. The topological polar surface area (TPSA) is 246 Å². The van der Waals surface area contributed by atoms with Crippen molar-refractivity contribution in [3.8, 4) is 0 Å². The van der Waals surface area contributed by atoms with Crippen LogP contribution in [0.25, 0.3) is 0 Å². The van der Waals surface area contributed by atoms with E-state index in [0.29, 0.717) is 0 Å². The molecule has 1 aromatic rings. The molecule has 0 radical (unpaired) electrons. The van der Waals surface area contributed by atoms with Gasteiger partial charge in [-0.1, -0.05) is 0 Å². The highest BCUT2D eigenvalue weighted by molar-refractivity contribution is 6.20. The van der Waals surface area contributed by atoms with E-state index in [1.807, 2.05) is 10.9 Å². The normalized spacial score (nSPS) is 9.88. The van der Waals surface area contributed by atoms with Crippen molar-refractivity contribution < 1.29 is 19.2 Å². The van der Waals surface area contributed by atoms with Crippen LogP contribution in [0.1, 0.15) is 47.0 Å². The van der Waals surface area contributed by atoms with Crippen molar-refractivity contribution in [1.82, 2.24) is 21.7 Å². The maximum Gasteiger partial charge on any atom is 0.268 e. The van der Waals surface area contributed by atoms with Crippen LogP contribution in [-0.4, -0.2) is 23.6 Å². The van der Waals surface area contributed by atoms with Gasteiger partial charge in [0.25, 0.3) is 23.6 Å². The van der Waals surface area contributed by atoms with Crippen molar-refractivity contribution >= 4 is 29.3 Å². The lowest BCUT2D eigenvalue weighted by Crippen LogP contribution is -2.41. The Kier molecular flexibility index (Phi) is 5.74. The second-order valence-corrected chi connectivity index (χ2v) is 4.43. The zero-order chi connectivity index (χ0) is 18.6. The molecule has 0 fully saturated rings. The largest absolute Gasteiger partial charge is 0.397 e. The molecule has 130 valence electrons. The number of carbonyl (C=O) groups is 4. The lowest BCUT2D eigenvalue weighted by Gasteiger charge is -2.20. The Labute approximate surface area is 135 Å². The molecule has 4 amide bonds. The third kappa shape index (κ3) is 2.95. The number of hydrogen-bond acceptors (Lipinski definition) is 9. The Hall–Kier alpha value is -3.26. The van der Waals surface area contributed by atoms with Crippen LogP contribution in [0.5, 0.6) is 0 Å². The highest BCUT2D eigenvalue weighted by atomic mass is 16.2. The second-order valence-electron chi connectivity index (χ2n) is 4.43. The number of nitrogens with two attached hydrogens (primary N) is 5. The van der Waals surface area contributed by atoms with Gasteiger partial charge in [0, 0.05) is 0 Å². The van der Waals surface area contributed by atoms with Gasteiger partial charge in [-0.25, -0.2) is 23.4 Å². The molecule has 24 heavy (non-hydrogen) atoms. The van der Waals surface area contributed by atoms with Crippen molar-refractivity contribution in [2.75, 3.05) is 5.73 Å². The summed E-state index contributed by atoms with van der Waals surface area (Å²) in [5.74, 6) is 16.5. The second kappa shape index (κ2) is 7.34. The Morgan fingerprint density at radius 3 is 1.12 bits per heavy atom. The molecule has 0 bridgehead atoms. The van der Waals surface area contributed by atoms with Crippen molar-refractivity contribution in [3.05, 3.63) is 27.8 Å². The Morgan fingerprint density at radius 2 is 0.875 bits per heavy atom. The molecule has 14 N–H and O–H groups in total.